The number of amides is 2. The van der Waals surface area contributed by atoms with Crippen LogP contribution in [0.4, 0.5) is 5.00 Å². The second-order valence-electron chi connectivity index (χ2n) is 5.59. The van der Waals surface area contributed by atoms with Crippen molar-refractivity contribution in [3.8, 4) is 11.1 Å². The van der Waals surface area contributed by atoms with Crippen molar-refractivity contribution in [2.45, 2.75) is 13.8 Å². The van der Waals surface area contributed by atoms with Gasteiger partial charge >= 0.3 is 0 Å². The van der Waals surface area contributed by atoms with Gasteiger partial charge in [0.15, 0.2) is 0 Å². The largest absolute Gasteiger partial charge is 0.365 e. The summed E-state index contributed by atoms with van der Waals surface area (Å²) in [6, 6.07) is 14.7. The van der Waals surface area contributed by atoms with E-state index in [9.17, 15) is 9.59 Å². The highest BCUT2D eigenvalue weighted by Gasteiger charge is 2.23. The molecule has 5 nitrogen and oxygen atoms in total. The van der Waals surface area contributed by atoms with Crippen molar-refractivity contribution in [3.05, 3.63) is 70.4 Å². The summed E-state index contributed by atoms with van der Waals surface area (Å²) in [7, 11) is 0. The maximum Gasteiger partial charge on any atom is 0.274 e. The number of pyridine rings is 1. The molecule has 0 saturated heterocycles. The number of nitrogens with one attached hydrogen (secondary N) is 1. The molecule has 0 fully saturated rings. The van der Waals surface area contributed by atoms with Crippen molar-refractivity contribution in [1.29, 1.82) is 0 Å². The Kier molecular flexibility index (Phi) is 4.63. The Labute approximate surface area is 149 Å². The third-order valence-electron chi connectivity index (χ3n) is 3.74. The molecule has 126 valence electrons. The van der Waals surface area contributed by atoms with E-state index in [2.05, 4.69) is 10.3 Å². The van der Waals surface area contributed by atoms with Gasteiger partial charge in [0.05, 0.1) is 5.56 Å². The first-order valence-electron chi connectivity index (χ1n) is 7.71. The molecule has 0 radical (unpaired) electrons. The van der Waals surface area contributed by atoms with Crippen LogP contribution in [0.15, 0.2) is 48.5 Å². The van der Waals surface area contributed by atoms with Crippen LogP contribution in [0.5, 0.6) is 0 Å². The van der Waals surface area contributed by atoms with Gasteiger partial charge in [-0.15, -0.1) is 11.3 Å². The first-order chi connectivity index (χ1) is 12.0. The highest BCUT2D eigenvalue weighted by atomic mass is 32.1. The van der Waals surface area contributed by atoms with Gasteiger partial charge in [0.1, 0.15) is 10.7 Å². The predicted octanol–water partition coefficient (Wildman–Crippen LogP) is 3.78. The Morgan fingerprint density at radius 1 is 1.04 bits per heavy atom. The molecule has 3 aromatic rings. The molecule has 0 atom stereocenters. The number of hydrogen-bond acceptors (Lipinski definition) is 4. The Morgan fingerprint density at radius 2 is 1.76 bits per heavy atom. The molecular weight excluding hydrogens is 334 g/mol. The zero-order valence-electron chi connectivity index (χ0n) is 13.9. The Hall–Kier alpha value is -2.99. The zero-order chi connectivity index (χ0) is 18.0. The minimum Gasteiger partial charge on any atom is -0.365 e. The van der Waals surface area contributed by atoms with E-state index >= 15 is 0 Å². The van der Waals surface area contributed by atoms with Gasteiger partial charge in [-0.25, -0.2) is 4.98 Å². The third-order valence-corrected chi connectivity index (χ3v) is 4.76. The van der Waals surface area contributed by atoms with Gasteiger partial charge in [0.25, 0.3) is 11.8 Å². The highest BCUT2D eigenvalue weighted by molar-refractivity contribution is 7.17. The highest BCUT2D eigenvalue weighted by Crippen LogP contribution is 2.39. The van der Waals surface area contributed by atoms with E-state index in [1.54, 1.807) is 12.1 Å². The maximum atomic E-state index is 12.5. The number of rotatable bonds is 4. The molecule has 0 spiro atoms. The average Bonchev–Trinajstić information content (AvgIpc) is 2.91. The number of aromatic nitrogens is 1. The average molecular weight is 351 g/mol. The number of nitrogens with two attached hydrogens (primary N) is 1. The summed E-state index contributed by atoms with van der Waals surface area (Å²) >= 11 is 1.33. The molecule has 2 amide bonds. The zero-order valence-corrected chi connectivity index (χ0v) is 14.7. The molecule has 3 N–H and O–H groups in total. The van der Waals surface area contributed by atoms with E-state index in [1.165, 1.54) is 11.3 Å². The number of anilines is 1. The Bertz CT molecular complexity index is 949. The molecule has 0 bridgehead atoms. The number of benzene rings is 1. The van der Waals surface area contributed by atoms with E-state index < -0.39 is 5.91 Å². The quantitative estimate of drug-likeness (QED) is 0.750. The molecular formula is C19H17N3O2S. The van der Waals surface area contributed by atoms with Gasteiger partial charge in [0.2, 0.25) is 0 Å². The molecule has 0 unspecified atom stereocenters. The van der Waals surface area contributed by atoms with Crippen molar-refractivity contribution in [2.75, 3.05) is 5.32 Å². The molecule has 2 heterocycles. The fourth-order valence-corrected chi connectivity index (χ4v) is 3.73. The lowest BCUT2D eigenvalue weighted by molar-refractivity contribution is 0.100. The molecule has 25 heavy (non-hydrogen) atoms. The second-order valence-corrected chi connectivity index (χ2v) is 6.81. The predicted molar refractivity (Wildman–Crippen MR) is 99.9 cm³/mol. The molecule has 0 saturated carbocycles. The van der Waals surface area contributed by atoms with Crippen LogP contribution >= 0.6 is 11.3 Å². The van der Waals surface area contributed by atoms with E-state index in [0.29, 0.717) is 16.3 Å². The minimum absolute atomic E-state index is 0.294. The van der Waals surface area contributed by atoms with Gasteiger partial charge < -0.3 is 11.1 Å². The van der Waals surface area contributed by atoms with Crippen molar-refractivity contribution in [2.24, 2.45) is 5.73 Å². The lowest BCUT2D eigenvalue weighted by atomic mass is 10.0. The van der Waals surface area contributed by atoms with Crippen molar-refractivity contribution < 1.29 is 9.59 Å². The lowest BCUT2D eigenvalue weighted by Crippen LogP contribution is -2.18. The van der Waals surface area contributed by atoms with Crippen LogP contribution in [0.1, 0.15) is 31.4 Å². The van der Waals surface area contributed by atoms with Crippen LogP contribution in [0.3, 0.4) is 0 Å². The topological polar surface area (TPSA) is 85.1 Å². The van der Waals surface area contributed by atoms with Crippen LogP contribution in [0.2, 0.25) is 0 Å². The standard InChI is InChI=1S/C19H17N3O2S/c1-11-7-6-10-14(21-11)18(24)22-19-16(17(20)23)15(12(2)25-19)13-8-4-3-5-9-13/h3-10H,1-2H3,(H2,20,23)(H,22,24). The number of primary amides is 1. The molecule has 3 rings (SSSR count). The van der Waals surface area contributed by atoms with Crippen molar-refractivity contribution in [1.82, 2.24) is 4.98 Å². The van der Waals surface area contributed by atoms with E-state index in [0.717, 1.165) is 21.7 Å². The number of nitrogens with zero attached hydrogens (tertiary/aromatic N) is 1. The summed E-state index contributed by atoms with van der Waals surface area (Å²) < 4.78 is 0. The summed E-state index contributed by atoms with van der Waals surface area (Å²) in [5.41, 5.74) is 8.62. The van der Waals surface area contributed by atoms with Crippen LogP contribution in [0, 0.1) is 13.8 Å². The first-order valence-corrected chi connectivity index (χ1v) is 8.52. The van der Waals surface area contributed by atoms with Gasteiger partial charge in [0, 0.05) is 16.1 Å². The number of hydrogen-bond donors (Lipinski definition) is 2. The van der Waals surface area contributed by atoms with E-state index in [-0.39, 0.29) is 5.91 Å². The maximum absolute atomic E-state index is 12.5. The fourth-order valence-electron chi connectivity index (χ4n) is 2.66. The smallest absolute Gasteiger partial charge is 0.274 e. The number of aryl methyl sites for hydroxylation is 2. The Balaban J connectivity index is 2.03. The van der Waals surface area contributed by atoms with Crippen molar-refractivity contribution in [3.63, 3.8) is 0 Å². The first kappa shape index (κ1) is 16.9. The fraction of sp³-hybridized carbons (Fsp3) is 0.105. The van der Waals surface area contributed by atoms with Crippen LogP contribution < -0.4 is 11.1 Å². The Morgan fingerprint density at radius 3 is 2.40 bits per heavy atom. The monoisotopic (exact) mass is 351 g/mol. The second kappa shape index (κ2) is 6.86. The molecule has 1 aromatic carbocycles. The van der Waals surface area contributed by atoms with Gasteiger partial charge in [-0.3, -0.25) is 9.59 Å². The van der Waals surface area contributed by atoms with Crippen LogP contribution in [-0.4, -0.2) is 16.8 Å². The normalized spacial score (nSPS) is 10.5. The van der Waals surface area contributed by atoms with E-state index in [4.69, 9.17) is 5.73 Å². The molecule has 6 heteroatoms. The van der Waals surface area contributed by atoms with Crippen molar-refractivity contribution >= 4 is 28.2 Å². The SMILES string of the molecule is Cc1cccc(C(=O)Nc2sc(C)c(-c3ccccc3)c2C(N)=O)n1. The minimum atomic E-state index is -0.573. The van der Waals surface area contributed by atoms with E-state index in [1.807, 2.05) is 50.2 Å². The molecule has 0 aliphatic carbocycles. The molecule has 0 aliphatic heterocycles. The summed E-state index contributed by atoms with van der Waals surface area (Å²) in [6.07, 6.45) is 0. The van der Waals surface area contributed by atoms with Crippen LogP contribution in [-0.2, 0) is 0 Å². The number of carbonyl (C=O) groups excluding carboxylic acids is 2. The lowest BCUT2D eigenvalue weighted by Gasteiger charge is -2.07. The summed E-state index contributed by atoms with van der Waals surface area (Å²) in [5.74, 6) is -0.942. The van der Waals surface area contributed by atoms with Gasteiger partial charge in [-0.05, 0) is 31.5 Å². The summed E-state index contributed by atoms with van der Waals surface area (Å²) in [5, 5.41) is 3.22. The number of thiophene rings is 1. The van der Waals surface area contributed by atoms with Gasteiger partial charge in [-0.1, -0.05) is 36.4 Å². The molecule has 2 aromatic heterocycles. The summed E-state index contributed by atoms with van der Waals surface area (Å²) in [4.78, 5) is 29.7. The summed E-state index contributed by atoms with van der Waals surface area (Å²) in [6.45, 7) is 3.72. The number of carbonyl (C=O) groups is 2. The third kappa shape index (κ3) is 3.44. The molecule has 0 aliphatic rings. The van der Waals surface area contributed by atoms with Crippen LogP contribution in [0.25, 0.3) is 11.1 Å². The van der Waals surface area contributed by atoms with Gasteiger partial charge in [-0.2, -0.15) is 0 Å².